The van der Waals surface area contributed by atoms with Crippen LogP contribution < -0.4 is 9.47 Å². The maximum Gasteiger partial charge on any atom is 0.338 e. The number of piperidine rings is 1. The quantitative estimate of drug-likeness (QED) is 0.669. The van der Waals surface area contributed by atoms with Gasteiger partial charge < -0.3 is 19.1 Å². The second-order valence-electron chi connectivity index (χ2n) is 6.09. The highest BCUT2D eigenvalue weighted by atomic mass is 79.9. The van der Waals surface area contributed by atoms with Crippen molar-refractivity contribution in [3.05, 3.63) is 22.2 Å². The Bertz CT molecular complexity index is 634. The number of carbonyl (C=O) groups excluding carboxylic acids is 2. The van der Waals surface area contributed by atoms with Gasteiger partial charge in [0.05, 0.1) is 23.8 Å². The van der Waals surface area contributed by atoms with Crippen molar-refractivity contribution in [2.24, 2.45) is 5.92 Å². The number of benzene rings is 1. The lowest BCUT2D eigenvalue weighted by atomic mass is 10.0. The van der Waals surface area contributed by atoms with Gasteiger partial charge in [0.2, 0.25) is 0 Å². The van der Waals surface area contributed by atoms with Gasteiger partial charge in [-0.3, -0.25) is 4.79 Å². The highest BCUT2D eigenvalue weighted by Gasteiger charge is 2.23. The summed E-state index contributed by atoms with van der Waals surface area (Å²) in [5, 5.41) is 0. The Morgan fingerprint density at radius 3 is 2.76 bits per heavy atom. The van der Waals surface area contributed by atoms with Gasteiger partial charge in [-0.25, -0.2) is 4.79 Å². The first kappa shape index (κ1) is 19.6. The van der Waals surface area contributed by atoms with Crippen LogP contribution in [0.25, 0.3) is 0 Å². The van der Waals surface area contributed by atoms with Crippen LogP contribution in [0.4, 0.5) is 0 Å². The standard InChI is InChI=1S/C18H24BrNO5/c1-4-24-17-14(19)8-13(9-15(17)23-3)18(22)25-11-16(21)20-7-5-6-12(2)10-20/h8-9,12H,4-7,10-11H2,1-3H3/t12-/m0/s1. The van der Waals surface area contributed by atoms with Crippen LogP contribution >= 0.6 is 15.9 Å². The number of amides is 1. The molecule has 1 amide bonds. The lowest BCUT2D eigenvalue weighted by Gasteiger charge is -2.30. The molecule has 0 unspecified atom stereocenters. The summed E-state index contributed by atoms with van der Waals surface area (Å²) in [4.78, 5) is 26.2. The molecule has 0 bridgehead atoms. The van der Waals surface area contributed by atoms with Crippen molar-refractivity contribution < 1.29 is 23.8 Å². The molecule has 0 aliphatic carbocycles. The van der Waals surface area contributed by atoms with Crippen LogP contribution in [0.2, 0.25) is 0 Å². The van der Waals surface area contributed by atoms with Crippen LogP contribution in [0, 0.1) is 5.92 Å². The molecule has 0 radical (unpaired) electrons. The zero-order valence-electron chi connectivity index (χ0n) is 14.8. The number of hydrogen-bond donors (Lipinski definition) is 0. The van der Waals surface area contributed by atoms with Crippen molar-refractivity contribution in [3.63, 3.8) is 0 Å². The van der Waals surface area contributed by atoms with Crippen molar-refractivity contribution >= 4 is 27.8 Å². The van der Waals surface area contributed by atoms with Gasteiger partial charge in [0, 0.05) is 13.1 Å². The van der Waals surface area contributed by atoms with Gasteiger partial charge >= 0.3 is 5.97 Å². The largest absolute Gasteiger partial charge is 0.493 e. The molecule has 1 aliphatic rings. The van der Waals surface area contributed by atoms with Gasteiger partial charge in [-0.15, -0.1) is 0 Å². The summed E-state index contributed by atoms with van der Waals surface area (Å²) in [6.45, 7) is 5.65. The predicted molar refractivity (Wildman–Crippen MR) is 97.1 cm³/mol. The third-order valence-corrected chi connectivity index (χ3v) is 4.68. The van der Waals surface area contributed by atoms with Crippen molar-refractivity contribution in [1.82, 2.24) is 4.90 Å². The number of esters is 1. The van der Waals surface area contributed by atoms with E-state index in [9.17, 15) is 9.59 Å². The molecule has 25 heavy (non-hydrogen) atoms. The SMILES string of the molecule is CCOc1c(Br)cc(C(=O)OCC(=O)N2CCC[C@H](C)C2)cc1OC. The fraction of sp³-hybridized carbons (Fsp3) is 0.556. The topological polar surface area (TPSA) is 65.1 Å². The van der Waals surface area contributed by atoms with Crippen LogP contribution in [0.5, 0.6) is 11.5 Å². The average molecular weight is 414 g/mol. The molecular formula is C18H24BrNO5. The predicted octanol–water partition coefficient (Wildman–Crippen LogP) is 3.27. The Labute approximate surface area is 156 Å². The van der Waals surface area contributed by atoms with Gasteiger partial charge in [0.1, 0.15) is 0 Å². The van der Waals surface area contributed by atoms with Gasteiger partial charge in [-0.2, -0.15) is 0 Å². The number of rotatable bonds is 6. The Kier molecular flexibility index (Phi) is 7.11. The fourth-order valence-electron chi connectivity index (χ4n) is 2.84. The van der Waals surface area contributed by atoms with Crippen molar-refractivity contribution in [2.75, 3.05) is 33.4 Å². The third-order valence-electron chi connectivity index (χ3n) is 4.09. The first-order valence-corrected chi connectivity index (χ1v) is 9.20. The molecule has 6 nitrogen and oxygen atoms in total. The summed E-state index contributed by atoms with van der Waals surface area (Å²) in [5.41, 5.74) is 0.298. The van der Waals surface area contributed by atoms with E-state index in [1.165, 1.54) is 7.11 Å². The van der Waals surface area contributed by atoms with Crippen LogP contribution in [0.15, 0.2) is 16.6 Å². The van der Waals surface area contributed by atoms with E-state index in [-0.39, 0.29) is 12.5 Å². The van der Waals surface area contributed by atoms with Crippen LogP contribution in [-0.4, -0.2) is 50.2 Å². The van der Waals surface area contributed by atoms with Crippen LogP contribution in [0.3, 0.4) is 0 Å². The summed E-state index contributed by atoms with van der Waals surface area (Å²) in [6, 6.07) is 3.15. The molecule has 0 spiro atoms. The number of hydrogen-bond acceptors (Lipinski definition) is 5. The normalized spacial score (nSPS) is 17.1. The third kappa shape index (κ3) is 5.11. The van der Waals surface area contributed by atoms with Crippen molar-refractivity contribution in [2.45, 2.75) is 26.7 Å². The molecule has 1 fully saturated rings. The molecule has 2 rings (SSSR count). The second-order valence-corrected chi connectivity index (χ2v) is 6.94. The highest BCUT2D eigenvalue weighted by molar-refractivity contribution is 9.10. The Morgan fingerprint density at radius 1 is 1.36 bits per heavy atom. The van der Waals surface area contributed by atoms with Gasteiger partial charge in [-0.05, 0) is 53.7 Å². The Morgan fingerprint density at radius 2 is 2.12 bits per heavy atom. The van der Waals surface area contributed by atoms with E-state index in [0.29, 0.717) is 34.1 Å². The molecule has 7 heteroatoms. The molecule has 0 aromatic heterocycles. The van der Waals surface area contributed by atoms with Crippen molar-refractivity contribution in [1.29, 1.82) is 0 Å². The van der Waals surface area contributed by atoms with Crippen LogP contribution in [0.1, 0.15) is 37.0 Å². The molecule has 0 saturated carbocycles. The fourth-order valence-corrected chi connectivity index (χ4v) is 3.40. The number of ether oxygens (including phenoxy) is 3. The second kappa shape index (κ2) is 9.08. The maximum absolute atomic E-state index is 12.3. The van der Waals surface area contributed by atoms with Crippen molar-refractivity contribution in [3.8, 4) is 11.5 Å². The first-order valence-electron chi connectivity index (χ1n) is 8.41. The van der Waals surface area contributed by atoms with Gasteiger partial charge in [0.15, 0.2) is 18.1 Å². The monoisotopic (exact) mass is 413 g/mol. The first-order chi connectivity index (χ1) is 12.0. The molecule has 138 valence electrons. The maximum atomic E-state index is 12.3. The number of carbonyl (C=O) groups is 2. The number of likely N-dealkylation sites (tertiary alicyclic amines) is 1. The lowest BCUT2D eigenvalue weighted by Crippen LogP contribution is -2.41. The number of nitrogens with zero attached hydrogens (tertiary/aromatic N) is 1. The minimum atomic E-state index is -0.569. The molecule has 1 aromatic carbocycles. The summed E-state index contributed by atoms with van der Waals surface area (Å²) < 4.78 is 16.5. The molecule has 1 aromatic rings. The highest BCUT2D eigenvalue weighted by Crippen LogP contribution is 2.36. The smallest absolute Gasteiger partial charge is 0.338 e. The molecule has 1 aliphatic heterocycles. The molecule has 1 saturated heterocycles. The summed E-state index contributed by atoms with van der Waals surface area (Å²) >= 11 is 3.37. The Balaban J connectivity index is 2.00. The molecular weight excluding hydrogens is 390 g/mol. The van der Waals surface area contributed by atoms with E-state index in [4.69, 9.17) is 14.2 Å². The average Bonchev–Trinajstić information content (AvgIpc) is 2.60. The minimum Gasteiger partial charge on any atom is -0.493 e. The zero-order valence-corrected chi connectivity index (χ0v) is 16.4. The van der Waals surface area contributed by atoms with E-state index in [1.54, 1.807) is 17.0 Å². The molecule has 1 atom stereocenters. The minimum absolute atomic E-state index is 0.156. The van der Waals surface area contributed by atoms with Gasteiger partial charge in [-0.1, -0.05) is 6.92 Å². The Hall–Kier alpha value is -1.76. The zero-order chi connectivity index (χ0) is 18.4. The molecule has 1 heterocycles. The van der Waals surface area contributed by atoms with E-state index in [0.717, 1.165) is 25.9 Å². The van der Waals surface area contributed by atoms with E-state index < -0.39 is 5.97 Å². The van der Waals surface area contributed by atoms with Crippen LogP contribution in [-0.2, 0) is 9.53 Å². The molecule has 0 N–H and O–H groups in total. The lowest BCUT2D eigenvalue weighted by molar-refractivity contribution is -0.136. The summed E-state index contributed by atoms with van der Waals surface area (Å²) in [7, 11) is 1.50. The van der Waals surface area contributed by atoms with E-state index in [1.807, 2.05) is 6.92 Å². The van der Waals surface area contributed by atoms with Gasteiger partial charge in [0.25, 0.3) is 5.91 Å². The number of halogens is 1. The summed E-state index contributed by atoms with van der Waals surface area (Å²) in [5.74, 6) is 0.719. The van der Waals surface area contributed by atoms with E-state index >= 15 is 0 Å². The van der Waals surface area contributed by atoms with E-state index in [2.05, 4.69) is 22.9 Å². The summed E-state index contributed by atoms with van der Waals surface area (Å²) in [6.07, 6.45) is 2.12. The number of methoxy groups -OCH3 is 1.